The number of rotatable bonds is 3. The van der Waals surface area contributed by atoms with Crippen molar-refractivity contribution in [1.29, 1.82) is 0 Å². The molecular formula is C7H9NO3. The van der Waals surface area contributed by atoms with Gasteiger partial charge in [-0.3, -0.25) is 4.79 Å². The molecule has 4 heteroatoms. The lowest BCUT2D eigenvalue weighted by atomic mass is 10.3. The van der Waals surface area contributed by atoms with E-state index in [0.29, 0.717) is 0 Å². The molecule has 0 bridgehead atoms. The first-order valence-corrected chi connectivity index (χ1v) is 2.97. The fourth-order valence-corrected chi connectivity index (χ4v) is 0.215. The number of ketones is 1. The minimum atomic E-state index is -0.675. The lowest BCUT2D eigenvalue weighted by Crippen LogP contribution is -2.06. The Balaban J connectivity index is 4.02. The number of Topliss-reactive ketones (excluding diaryl/α,β-unsaturated/α-hetero) is 1. The minimum absolute atomic E-state index is 0.153. The summed E-state index contributed by atoms with van der Waals surface area (Å²) < 4.78 is 0. The first kappa shape index (κ1) is 9.55. The molecule has 0 amide bonds. The van der Waals surface area contributed by atoms with Gasteiger partial charge in [0.05, 0.1) is 0 Å². The Morgan fingerprint density at radius 1 is 1.45 bits per heavy atom. The molecular weight excluding hydrogens is 146 g/mol. The van der Waals surface area contributed by atoms with Crippen LogP contribution in [0.15, 0.2) is 17.8 Å². The standard InChI is InChI=1S/C7H9NO3/c1-4-7(10)11-8-5(2)6(3)9/h4H,1H2,2-3H3/b8-5+. The first-order valence-electron chi connectivity index (χ1n) is 2.97. The third-order valence-electron chi connectivity index (χ3n) is 0.949. The van der Waals surface area contributed by atoms with E-state index in [1.165, 1.54) is 13.8 Å². The molecule has 0 aromatic rings. The molecule has 0 saturated carbocycles. The molecule has 0 unspecified atom stereocenters. The second kappa shape index (κ2) is 4.38. The molecule has 4 nitrogen and oxygen atoms in total. The van der Waals surface area contributed by atoms with Gasteiger partial charge in [0.15, 0.2) is 5.78 Å². The zero-order valence-corrected chi connectivity index (χ0v) is 6.46. The fourth-order valence-electron chi connectivity index (χ4n) is 0.215. The minimum Gasteiger partial charge on any atom is -0.313 e. The van der Waals surface area contributed by atoms with Gasteiger partial charge in [-0.25, -0.2) is 4.79 Å². The van der Waals surface area contributed by atoms with E-state index in [0.717, 1.165) is 6.08 Å². The van der Waals surface area contributed by atoms with Crippen LogP contribution in [0.25, 0.3) is 0 Å². The summed E-state index contributed by atoms with van der Waals surface area (Å²) in [6.45, 7) is 5.95. The molecule has 0 aromatic heterocycles. The van der Waals surface area contributed by atoms with Crippen LogP contribution in [0.4, 0.5) is 0 Å². The summed E-state index contributed by atoms with van der Waals surface area (Å²) in [4.78, 5) is 25.1. The number of hydrogen-bond acceptors (Lipinski definition) is 4. The average Bonchev–Trinajstić information content (AvgIpc) is 1.99. The van der Waals surface area contributed by atoms with E-state index < -0.39 is 5.97 Å². The molecule has 0 radical (unpaired) electrons. The Morgan fingerprint density at radius 2 is 2.00 bits per heavy atom. The van der Waals surface area contributed by atoms with Crippen LogP contribution in [-0.4, -0.2) is 17.5 Å². The SMILES string of the molecule is C=CC(=O)O/N=C(\C)C(C)=O. The molecule has 0 N–H and O–H groups in total. The zero-order valence-electron chi connectivity index (χ0n) is 6.46. The van der Waals surface area contributed by atoms with Gasteiger partial charge < -0.3 is 4.84 Å². The van der Waals surface area contributed by atoms with Crippen LogP contribution in [0.5, 0.6) is 0 Å². The molecule has 0 spiro atoms. The monoisotopic (exact) mass is 155 g/mol. The smallest absolute Gasteiger partial charge is 0.313 e. The Kier molecular flexibility index (Phi) is 3.80. The topological polar surface area (TPSA) is 55.7 Å². The van der Waals surface area contributed by atoms with Gasteiger partial charge in [-0.1, -0.05) is 11.7 Å². The highest BCUT2D eigenvalue weighted by atomic mass is 16.7. The van der Waals surface area contributed by atoms with Crippen molar-refractivity contribution in [1.82, 2.24) is 0 Å². The van der Waals surface area contributed by atoms with Gasteiger partial charge in [-0.15, -0.1) is 0 Å². The Bertz CT molecular complexity index is 218. The van der Waals surface area contributed by atoms with Crippen molar-refractivity contribution in [2.24, 2.45) is 5.16 Å². The maximum Gasteiger partial charge on any atom is 0.358 e. The summed E-state index contributed by atoms with van der Waals surface area (Å²) in [5.74, 6) is -0.910. The van der Waals surface area contributed by atoms with Crippen molar-refractivity contribution in [3.8, 4) is 0 Å². The van der Waals surface area contributed by atoms with Gasteiger partial charge in [-0.05, 0) is 6.92 Å². The number of carbonyl (C=O) groups is 2. The molecule has 0 fully saturated rings. The quantitative estimate of drug-likeness (QED) is 0.260. The molecule has 60 valence electrons. The van der Waals surface area contributed by atoms with Gasteiger partial charge in [-0.2, -0.15) is 0 Å². The highest BCUT2D eigenvalue weighted by molar-refractivity contribution is 6.37. The lowest BCUT2D eigenvalue weighted by molar-refractivity contribution is -0.137. The molecule has 0 atom stereocenters. The van der Waals surface area contributed by atoms with Crippen molar-refractivity contribution in [3.63, 3.8) is 0 Å². The number of nitrogens with zero attached hydrogens (tertiary/aromatic N) is 1. The summed E-state index contributed by atoms with van der Waals surface area (Å²) in [5, 5.41) is 3.24. The molecule has 0 aliphatic rings. The Hall–Kier alpha value is -1.45. The number of hydrogen-bond donors (Lipinski definition) is 0. The van der Waals surface area contributed by atoms with Crippen LogP contribution in [0, 0.1) is 0 Å². The van der Waals surface area contributed by atoms with Gasteiger partial charge in [0.1, 0.15) is 5.71 Å². The van der Waals surface area contributed by atoms with Crippen LogP contribution in [-0.2, 0) is 14.4 Å². The zero-order chi connectivity index (χ0) is 8.85. The van der Waals surface area contributed by atoms with Crippen LogP contribution in [0.2, 0.25) is 0 Å². The summed E-state index contributed by atoms with van der Waals surface area (Å²) >= 11 is 0. The maximum absolute atomic E-state index is 10.5. The van der Waals surface area contributed by atoms with Crippen LogP contribution >= 0.6 is 0 Å². The second-order valence-electron chi connectivity index (χ2n) is 1.85. The number of oxime groups is 1. The van der Waals surface area contributed by atoms with E-state index in [1.807, 2.05) is 0 Å². The molecule has 0 saturated heterocycles. The summed E-state index contributed by atoms with van der Waals surface area (Å²) in [7, 11) is 0. The van der Waals surface area contributed by atoms with Gasteiger partial charge >= 0.3 is 5.97 Å². The van der Waals surface area contributed by atoms with Gasteiger partial charge in [0.2, 0.25) is 0 Å². The van der Waals surface area contributed by atoms with Crippen molar-refractivity contribution >= 4 is 17.5 Å². The van der Waals surface area contributed by atoms with Gasteiger partial charge in [0, 0.05) is 13.0 Å². The number of carbonyl (C=O) groups excluding carboxylic acids is 2. The predicted molar refractivity (Wildman–Crippen MR) is 40.1 cm³/mol. The Labute approximate surface area is 64.5 Å². The highest BCUT2D eigenvalue weighted by Crippen LogP contribution is 1.84. The maximum atomic E-state index is 10.5. The van der Waals surface area contributed by atoms with E-state index in [4.69, 9.17) is 0 Å². The third-order valence-corrected chi connectivity index (χ3v) is 0.949. The van der Waals surface area contributed by atoms with E-state index >= 15 is 0 Å². The predicted octanol–water partition coefficient (Wildman–Crippen LogP) is 0.680. The summed E-state index contributed by atoms with van der Waals surface area (Å²) in [6.07, 6.45) is 0.969. The second-order valence-corrected chi connectivity index (χ2v) is 1.85. The van der Waals surface area contributed by atoms with E-state index in [9.17, 15) is 9.59 Å². The molecule has 0 heterocycles. The van der Waals surface area contributed by atoms with Crippen LogP contribution in [0.3, 0.4) is 0 Å². The molecule has 0 rings (SSSR count). The van der Waals surface area contributed by atoms with E-state index in [1.54, 1.807) is 0 Å². The molecule has 0 aliphatic heterocycles. The normalized spacial score (nSPS) is 10.5. The summed E-state index contributed by atoms with van der Waals surface area (Å²) in [6, 6.07) is 0. The average molecular weight is 155 g/mol. The van der Waals surface area contributed by atoms with Gasteiger partial charge in [0.25, 0.3) is 0 Å². The molecule has 11 heavy (non-hydrogen) atoms. The highest BCUT2D eigenvalue weighted by Gasteiger charge is 1.99. The van der Waals surface area contributed by atoms with Crippen molar-refractivity contribution < 1.29 is 14.4 Å². The lowest BCUT2D eigenvalue weighted by Gasteiger charge is -1.92. The molecule has 0 aromatic carbocycles. The Morgan fingerprint density at radius 3 is 2.36 bits per heavy atom. The van der Waals surface area contributed by atoms with E-state index in [2.05, 4.69) is 16.6 Å². The fraction of sp³-hybridized carbons (Fsp3) is 0.286. The first-order chi connectivity index (χ1) is 5.07. The summed E-state index contributed by atoms with van der Waals surface area (Å²) in [5.41, 5.74) is 0.153. The van der Waals surface area contributed by atoms with E-state index in [-0.39, 0.29) is 11.5 Å². The largest absolute Gasteiger partial charge is 0.358 e. The third kappa shape index (κ3) is 4.02. The molecule has 0 aliphatic carbocycles. The van der Waals surface area contributed by atoms with Crippen LogP contribution in [0.1, 0.15) is 13.8 Å². The van der Waals surface area contributed by atoms with Crippen molar-refractivity contribution in [2.75, 3.05) is 0 Å². The van der Waals surface area contributed by atoms with Crippen molar-refractivity contribution in [2.45, 2.75) is 13.8 Å². The van der Waals surface area contributed by atoms with Crippen molar-refractivity contribution in [3.05, 3.63) is 12.7 Å². The van der Waals surface area contributed by atoms with Crippen LogP contribution < -0.4 is 0 Å².